The van der Waals surface area contributed by atoms with E-state index in [-0.39, 0.29) is 17.0 Å². The lowest BCUT2D eigenvalue weighted by molar-refractivity contribution is 0.111. The third-order valence-electron chi connectivity index (χ3n) is 6.32. The van der Waals surface area contributed by atoms with Crippen LogP contribution in [0.1, 0.15) is 27.3 Å². The van der Waals surface area contributed by atoms with Crippen molar-refractivity contribution in [3.05, 3.63) is 156 Å². The van der Waals surface area contributed by atoms with E-state index in [0.717, 1.165) is 23.7 Å². The number of rotatable bonds is 8. The molecule has 0 aliphatic heterocycles. The number of benzene rings is 4. The van der Waals surface area contributed by atoms with Crippen LogP contribution in [0.2, 0.25) is 0 Å². The quantitative estimate of drug-likeness (QED) is 0.148. The van der Waals surface area contributed by atoms with Crippen molar-refractivity contribution in [2.75, 3.05) is 0 Å². The molecule has 37 heavy (non-hydrogen) atoms. The summed E-state index contributed by atoms with van der Waals surface area (Å²) in [6.45, 7) is 0. The molecule has 0 amide bonds. The van der Waals surface area contributed by atoms with Crippen LogP contribution in [-0.2, 0) is 6.16 Å². The van der Waals surface area contributed by atoms with Crippen LogP contribution in [0.25, 0.3) is 12.2 Å². The Morgan fingerprint density at radius 2 is 1.08 bits per heavy atom. The van der Waals surface area contributed by atoms with Gasteiger partial charge in [0.15, 0.2) is 6.29 Å². The molecule has 0 bridgehead atoms. The van der Waals surface area contributed by atoms with Crippen molar-refractivity contribution >= 4 is 58.6 Å². The number of carbonyl (C=O) groups is 1. The van der Waals surface area contributed by atoms with E-state index in [1.165, 1.54) is 21.5 Å². The molecule has 0 saturated heterocycles. The van der Waals surface area contributed by atoms with Gasteiger partial charge in [-0.05, 0) is 71.8 Å². The summed E-state index contributed by atoms with van der Waals surface area (Å²) in [6, 6.07) is 47.0. The first-order valence-electron chi connectivity index (χ1n) is 12.0. The minimum atomic E-state index is -1.96. The van der Waals surface area contributed by atoms with Crippen molar-refractivity contribution in [1.82, 2.24) is 4.98 Å². The SMILES string of the molecule is Br.O=Cc1cccc(/C=C\c2cccc(C[P+](c3ccccc3)(c3ccccc3)c3ccccc3)c2)n1. The van der Waals surface area contributed by atoms with Gasteiger partial charge in [-0.1, -0.05) is 84.9 Å². The summed E-state index contributed by atoms with van der Waals surface area (Å²) in [5.41, 5.74) is 3.61. The molecule has 1 heterocycles. The molecule has 0 aliphatic rings. The lowest BCUT2D eigenvalue weighted by atomic mass is 10.1. The van der Waals surface area contributed by atoms with E-state index in [2.05, 4.69) is 126 Å². The Bertz CT molecular complexity index is 1370. The number of aldehydes is 1. The highest BCUT2D eigenvalue weighted by Gasteiger charge is 2.45. The second kappa shape index (κ2) is 12.5. The lowest BCUT2D eigenvalue weighted by Gasteiger charge is -2.28. The average molecular weight is 565 g/mol. The van der Waals surface area contributed by atoms with Crippen LogP contribution < -0.4 is 15.9 Å². The molecule has 0 radical (unpaired) electrons. The number of halogens is 1. The minimum absolute atomic E-state index is 0. The van der Waals surface area contributed by atoms with Crippen LogP contribution in [0, 0.1) is 0 Å². The molecule has 0 aliphatic carbocycles. The van der Waals surface area contributed by atoms with Gasteiger partial charge in [0.2, 0.25) is 0 Å². The number of nitrogens with zero attached hydrogens (tertiary/aromatic N) is 1. The van der Waals surface area contributed by atoms with Gasteiger partial charge in [-0.3, -0.25) is 4.79 Å². The molecule has 5 aromatic rings. The molecule has 5 rings (SSSR count). The zero-order valence-electron chi connectivity index (χ0n) is 20.4. The van der Waals surface area contributed by atoms with Gasteiger partial charge >= 0.3 is 0 Å². The van der Waals surface area contributed by atoms with E-state index >= 15 is 0 Å². The first-order valence-corrected chi connectivity index (χ1v) is 14.0. The van der Waals surface area contributed by atoms with Crippen molar-refractivity contribution in [3.8, 4) is 0 Å². The molecule has 0 fully saturated rings. The summed E-state index contributed by atoms with van der Waals surface area (Å²) in [7, 11) is -1.96. The molecular formula is C33H28BrNOP+. The Morgan fingerprint density at radius 3 is 1.62 bits per heavy atom. The highest BCUT2D eigenvalue weighted by molar-refractivity contribution is 8.93. The maximum atomic E-state index is 11.1. The van der Waals surface area contributed by atoms with E-state index in [1.807, 2.05) is 18.2 Å². The van der Waals surface area contributed by atoms with Crippen LogP contribution in [0.3, 0.4) is 0 Å². The second-order valence-electron chi connectivity index (χ2n) is 8.66. The molecular weight excluding hydrogens is 537 g/mol. The van der Waals surface area contributed by atoms with E-state index in [4.69, 9.17) is 0 Å². The fourth-order valence-electron chi connectivity index (χ4n) is 4.65. The molecule has 0 atom stereocenters. The van der Waals surface area contributed by atoms with Gasteiger partial charge in [-0.15, -0.1) is 17.0 Å². The molecule has 4 aromatic carbocycles. The van der Waals surface area contributed by atoms with E-state index in [9.17, 15) is 4.79 Å². The van der Waals surface area contributed by atoms with Crippen molar-refractivity contribution in [3.63, 3.8) is 0 Å². The molecule has 4 heteroatoms. The average Bonchev–Trinajstić information content (AvgIpc) is 2.96. The largest absolute Gasteiger partial charge is 0.296 e. The smallest absolute Gasteiger partial charge is 0.168 e. The predicted molar refractivity (Wildman–Crippen MR) is 164 cm³/mol. The van der Waals surface area contributed by atoms with Gasteiger partial charge < -0.3 is 0 Å². The molecule has 2 nitrogen and oxygen atoms in total. The maximum Gasteiger partial charge on any atom is 0.168 e. The third-order valence-corrected chi connectivity index (χ3v) is 10.7. The highest BCUT2D eigenvalue weighted by atomic mass is 79.9. The summed E-state index contributed by atoms with van der Waals surface area (Å²) < 4.78 is 0. The number of pyridine rings is 1. The van der Waals surface area contributed by atoms with Crippen molar-refractivity contribution in [2.24, 2.45) is 0 Å². The first-order chi connectivity index (χ1) is 17.8. The van der Waals surface area contributed by atoms with Crippen LogP contribution in [0.15, 0.2) is 133 Å². The van der Waals surface area contributed by atoms with Crippen molar-refractivity contribution < 1.29 is 4.79 Å². The Hall–Kier alpha value is -3.65. The maximum absolute atomic E-state index is 11.1. The molecule has 0 N–H and O–H groups in total. The van der Waals surface area contributed by atoms with Crippen LogP contribution in [-0.4, -0.2) is 11.3 Å². The van der Waals surface area contributed by atoms with Gasteiger partial charge in [-0.25, -0.2) is 4.98 Å². The van der Waals surface area contributed by atoms with Crippen molar-refractivity contribution in [2.45, 2.75) is 6.16 Å². The summed E-state index contributed by atoms with van der Waals surface area (Å²) in [5, 5.41) is 4.12. The highest BCUT2D eigenvalue weighted by Crippen LogP contribution is 2.58. The first kappa shape index (κ1) is 26.4. The Labute approximate surface area is 229 Å². The zero-order chi connectivity index (χ0) is 24.6. The number of carbonyl (C=O) groups excluding carboxylic acids is 1. The fraction of sp³-hybridized carbons (Fsp3) is 0.0303. The van der Waals surface area contributed by atoms with Crippen LogP contribution in [0.5, 0.6) is 0 Å². The Morgan fingerprint density at radius 1 is 0.568 bits per heavy atom. The molecule has 0 saturated carbocycles. The Kier molecular flexibility index (Phi) is 8.95. The van der Waals surface area contributed by atoms with E-state index in [0.29, 0.717) is 5.69 Å². The van der Waals surface area contributed by atoms with Gasteiger partial charge in [-0.2, -0.15) is 0 Å². The van der Waals surface area contributed by atoms with Gasteiger partial charge in [0.05, 0.1) is 11.9 Å². The predicted octanol–water partition coefficient (Wildman–Crippen LogP) is 7.14. The normalized spacial score (nSPS) is 11.1. The van der Waals surface area contributed by atoms with Gasteiger partial charge in [0.1, 0.15) is 28.9 Å². The van der Waals surface area contributed by atoms with Crippen LogP contribution >= 0.6 is 24.2 Å². The zero-order valence-corrected chi connectivity index (χ0v) is 23.0. The molecule has 0 spiro atoms. The van der Waals surface area contributed by atoms with Crippen LogP contribution in [0.4, 0.5) is 0 Å². The van der Waals surface area contributed by atoms with E-state index < -0.39 is 7.26 Å². The van der Waals surface area contributed by atoms with Gasteiger partial charge in [0.25, 0.3) is 0 Å². The minimum Gasteiger partial charge on any atom is -0.296 e. The second-order valence-corrected chi connectivity index (χ2v) is 12.1. The third kappa shape index (κ3) is 6.02. The molecule has 1 aromatic heterocycles. The van der Waals surface area contributed by atoms with Gasteiger partial charge in [0, 0.05) is 0 Å². The standard InChI is InChI=1S/C33H27NOP.BrH/c35-25-30-15-11-14-29(34-30)23-22-27-12-10-13-28(24-27)26-36(31-16-4-1-5-17-31,32-18-6-2-7-19-32)33-20-8-3-9-21-33;/h1-25H,26H2;1H/q+1;/b23-22-;. The summed E-state index contributed by atoms with van der Waals surface area (Å²) in [6.07, 6.45) is 5.72. The summed E-state index contributed by atoms with van der Waals surface area (Å²) in [5.74, 6) is 0. The topological polar surface area (TPSA) is 30.0 Å². The van der Waals surface area contributed by atoms with E-state index in [1.54, 1.807) is 6.07 Å². The molecule has 182 valence electrons. The fourth-order valence-corrected chi connectivity index (χ4v) is 8.88. The molecule has 0 unspecified atom stereocenters. The Balaban J connectivity index is 0.00000320. The lowest BCUT2D eigenvalue weighted by Crippen LogP contribution is -2.32. The number of hydrogen-bond donors (Lipinski definition) is 0. The number of hydrogen-bond acceptors (Lipinski definition) is 2. The summed E-state index contributed by atoms with van der Waals surface area (Å²) in [4.78, 5) is 15.4. The summed E-state index contributed by atoms with van der Waals surface area (Å²) >= 11 is 0. The van der Waals surface area contributed by atoms with Crippen molar-refractivity contribution in [1.29, 1.82) is 0 Å². The number of aromatic nitrogens is 1. The monoisotopic (exact) mass is 564 g/mol.